The van der Waals surface area contributed by atoms with Crippen LogP contribution < -0.4 is 10.1 Å². The number of rotatable bonds is 5. The van der Waals surface area contributed by atoms with E-state index in [1.54, 1.807) is 7.11 Å². The third-order valence-corrected chi connectivity index (χ3v) is 3.17. The standard InChI is InChI=1S/C13H20N2O3/c1-17-12-4-2-3-11(15-12)9-14-10-13(16)5-7-18-8-6-13/h2-4,14,16H,5-10H2,1H3. The fourth-order valence-corrected chi connectivity index (χ4v) is 2.02. The number of hydrogen-bond donors (Lipinski definition) is 2. The Balaban J connectivity index is 1.80. The van der Waals surface area contributed by atoms with Crippen LogP contribution in [0.2, 0.25) is 0 Å². The molecule has 0 spiro atoms. The van der Waals surface area contributed by atoms with Gasteiger partial charge in [-0.15, -0.1) is 0 Å². The topological polar surface area (TPSA) is 63.6 Å². The molecule has 2 rings (SSSR count). The predicted octanol–water partition coefficient (Wildman–Crippen LogP) is 0.721. The lowest BCUT2D eigenvalue weighted by molar-refractivity contribution is -0.0617. The number of aliphatic hydroxyl groups is 1. The van der Waals surface area contributed by atoms with E-state index in [1.165, 1.54) is 0 Å². The van der Waals surface area contributed by atoms with E-state index in [4.69, 9.17) is 9.47 Å². The summed E-state index contributed by atoms with van der Waals surface area (Å²) in [6.07, 6.45) is 1.37. The molecule has 18 heavy (non-hydrogen) atoms. The molecule has 2 N–H and O–H groups in total. The molecule has 5 nitrogen and oxygen atoms in total. The maximum atomic E-state index is 10.3. The van der Waals surface area contributed by atoms with Crippen molar-refractivity contribution in [2.75, 3.05) is 26.9 Å². The van der Waals surface area contributed by atoms with Gasteiger partial charge in [0.15, 0.2) is 0 Å². The second kappa shape index (κ2) is 6.13. The summed E-state index contributed by atoms with van der Waals surface area (Å²) in [5.41, 5.74) is 0.266. The number of methoxy groups -OCH3 is 1. The quantitative estimate of drug-likeness (QED) is 0.808. The van der Waals surface area contributed by atoms with Crippen LogP contribution in [0, 0.1) is 0 Å². The maximum absolute atomic E-state index is 10.3. The number of aromatic nitrogens is 1. The number of pyridine rings is 1. The van der Waals surface area contributed by atoms with E-state index in [-0.39, 0.29) is 0 Å². The molecule has 1 aliphatic rings. The SMILES string of the molecule is COc1cccc(CNCC2(O)CCOCC2)n1. The van der Waals surface area contributed by atoms with Crippen LogP contribution in [0.15, 0.2) is 18.2 Å². The van der Waals surface area contributed by atoms with Crippen LogP contribution in [0.1, 0.15) is 18.5 Å². The number of nitrogens with one attached hydrogen (secondary N) is 1. The molecule has 0 aromatic carbocycles. The Hall–Kier alpha value is -1.17. The van der Waals surface area contributed by atoms with Crippen LogP contribution in [0.4, 0.5) is 0 Å². The van der Waals surface area contributed by atoms with Gasteiger partial charge in [0.2, 0.25) is 5.88 Å². The van der Waals surface area contributed by atoms with Crippen molar-refractivity contribution in [3.63, 3.8) is 0 Å². The molecule has 100 valence electrons. The zero-order chi connectivity index (χ0) is 12.8. The molecule has 2 heterocycles. The van der Waals surface area contributed by atoms with Gasteiger partial charge in [0.05, 0.1) is 18.4 Å². The van der Waals surface area contributed by atoms with Crippen molar-refractivity contribution in [1.29, 1.82) is 0 Å². The van der Waals surface area contributed by atoms with Gasteiger partial charge < -0.3 is 19.9 Å². The lowest BCUT2D eigenvalue weighted by atomic mass is 9.94. The summed E-state index contributed by atoms with van der Waals surface area (Å²) in [5.74, 6) is 0.610. The number of ether oxygens (including phenoxy) is 2. The second-order valence-corrected chi connectivity index (χ2v) is 4.61. The average Bonchev–Trinajstić information content (AvgIpc) is 2.40. The molecule has 1 aliphatic heterocycles. The van der Waals surface area contributed by atoms with Gasteiger partial charge in [-0.05, 0) is 6.07 Å². The van der Waals surface area contributed by atoms with Crippen LogP contribution in [0.3, 0.4) is 0 Å². The van der Waals surface area contributed by atoms with E-state index >= 15 is 0 Å². The monoisotopic (exact) mass is 252 g/mol. The Morgan fingerprint density at radius 1 is 1.44 bits per heavy atom. The molecular weight excluding hydrogens is 232 g/mol. The van der Waals surface area contributed by atoms with Crippen molar-refractivity contribution in [1.82, 2.24) is 10.3 Å². The zero-order valence-corrected chi connectivity index (χ0v) is 10.7. The Kier molecular flexibility index (Phi) is 4.52. The molecule has 1 saturated heterocycles. The van der Waals surface area contributed by atoms with E-state index in [0.717, 1.165) is 5.69 Å². The van der Waals surface area contributed by atoms with Gasteiger partial charge in [0.25, 0.3) is 0 Å². The molecule has 1 aromatic heterocycles. The molecular formula is C13H20N2O3. The molecule has 0 aliphatic carbocycles. The summed E-state index contributed by atoms with van der Waals surface area (Å²) in [5, 5.41) is 13.5. The largest absolute Gasteiger partial charge is 0.481 e. The summed E-state index contributed by atoms with van der Waals surface area (Å²) in [6, 6.07) is 5.66. The van der Waals surface area contributed by atoms with Crippen LogP contribution in [-0.4, -0.2) is 42.6 Å². The van der Waals surface area contributed by atoms with Gasteiger partial charge in [0, 0.05) is 45.2 Å². The average molecular weight is 252 g/mol. The van der Waals surface area contributed by atoms with Crippen LogP contribution in [0.5, 0.6) is 5.88 Å². The van der Waals surface area contributed by atoms with Gasteiger partial charge in [-0.25, -0.2) is 4.98 Å². The summed E-state index contributed by atoms with van der Waals surface area (Å²) >= 11 is 0. The van der Waals surface area contributed by atoms with E-state index in [0.29, 0.717) is 45.0 Å². The third kappa shape index (κ3) is 3.66. The second-order valence-electron chi connectivity index (χ2n) is 4.61. The third-order valence-electron chi connectivity index (χ3n) is 3.17. The van der Waals surface area contributed by atoms with E-state index in [9.17, 15) is 5.11 Å². The predicted molar refractivity (Wildman–Crippen MR) is 67.5 cm³/mol. The molecule has 1 aromatic rings. The van der Waals surface area contributed by atoms with Gasteiger partial charge in [-0.1, -0.05) is 6.07 Å². The minimum absolute atomic E-state index is 0.565. The zero-order valence-electron chi connectivity index (χ0n) is 10.7. The molecule has 0 atom stereocenters. The lowest BCUT2D eigenvalue weighted by Crippen LogP contribution is -2.44. The van der Waals surface area contributed by atoms with Crippen LogP contribution in [-0.2, 0) is 11.3 Å². The van der Waals surface area contributed by atoms with E-state index in [1.807, 2.05) is 18.2 Å². The lowest BCUT2D eigenvalue weighted by Gasteiger charge is -2.32. The Bertz CT molecular complexity index is 378. The highest BCUT2D eigenvalue weighted by molar-refractivity contribution is 5.15. The number of hydrogen-bond acceptors (Lipinski definition) is 5. The van der Waals surface area contributed by atoms with Crippen molar-refractivity contribution in [3.8, 4) is 5.88 Å². The maximum Gasteiger partial charge on any atom is 0.213 e. The first-order valence-corrected chi connectivity index (χ1v) is 6.23. The molecule has 0 saturated carbocycles. The van der Waals surface area contributed by atoms with Crippen molar-refractivity contribution >= 4 is 0 Å². The molecule has 1 fully saturated rings. The van der Waals surface area contributed by atoms with Crippen molar-refractivity contribution < 1.29 is 14.6 Å². The minimum atomic E-state index is -0.642. The molecule has 0 radical (unpaired) electrons. The molecule has 5 heteroatoms. The Morgan fingerprint density at radius 2 is 2.22 bits per heavy atom. The fourth-order valence-electron chi connectivity index (χ4n) is 2.02. The molecule has 0 amide bonds. The smallest absolute Gasteiger partial charge is 0.213 e. The first kappa shape index (κ1) is 13.3. The van der Waals surface area contributed by atoms with Gasteiger partial charge in [-0.3, -0.25) is 0 Å². The highest BCUT2D eigenvalue weighted by Gasteiger charge is 2.29. The highest BCUT2D eigenvalue weighted by atomic mass is 16.5. The summed E-state index contributed by atoms with van der Waals surface area (Å²) in [6.45, 7) is 2.46. The van der Waals surface area contributed by atoms with E-state index in [2.05, 4.69) is 10.3 Å². The van der Waals surface area contributed by atoms with Crippen molar-refractivity contribution in [2.24, 2.45) is 0 Å². The summed E-state index contributed by atoms with van der Waals surface area (Å²) in [7, 11) is 1.60. The first-order chi connectivity index (χ1) is 8.72. The summed E-state index contributed by atoms with van der Waals surface area (Å²) < 4.78 is 10.3. The minimum Gasteiger partial charge on any atom is -0.481 e. The van der Waals surface area contributed by atoms with Crippen molar-refractivity contribution in [2.45, 2.75) is 25.0 Å². The fraction of sp³-hybridized carbons (Fsp3) is 0.615. The van der Waals surface area contributed by atoms with Crippen LogP contribution >= 0.6 is 0 Å². The van der Waals surface area contributed by atoms with Gasteiger partial charge in [-0.2, -0.15) is 0 Å². The van der Waals surface area contributed by atoms with Crippen molar-refractivity contribution in [3.05, 3.63) is 23.9 Å². The first-order valence-electron chi connectivity index (χ1n) is 6.23. The normalized spacial score (nSPS) is 18.6. The van der Waals surface area contributed by atoms with E-state index < -0.39 is 5.60 Å². The molecule has 0 unspecified atom stereocenters. The summed E-state index contributed by atoms with van der Waals surface area (Å²) in [4.78, 5) is 4.31. The van der Waals surface area contributed by atoms with Gasteiger partial charge in [0.1, 0.15) is 0 Å². The van der Waals surface area contributed by atoms with Gasteiger partial charge >= 0.3 is 0 Å². The Morgan fingerprint density at radius 3 is 2.94 bits per heavy atom. The molecule has 0 bridgehead atoms. The Labute approximate surface area is 107 Å². The van der Waals surface area contributed by atoms with Crippen LogP contribution in [0.25, 0.3) is 0 Å². The number of nitrogens with zero attached hydrogens (tertiary/aromatic N) is 1. The highest BCUT2D eigenvalue weighted by Crippen LogP contribution is 2.19.